The van der Waals surface area contributed by atoms with Crippen LogP contribution in [0.5, 0.6) is 0 Å². The van der Waals surface area contributed by atoms with Crippen molar-refractivity contribution in [3.05, 3.63) is 16.5 Å². The highest BCUT2D eigenvalue weighted by Crippen LogP contribution is 2.44. The molecular formula is C12H20N2O2S2. The number of hydrogen-bond donors (Lipinski definition) is 2. The molecule has 0 amide bonds. The van der Waals surface area contributed by atoms with Gasteiger partial charge in [-0.05, 0) is 43.9 Å². The fourth-order valence-electron chi connectivity index (χ4n) is 1.69. The van der Waals surface area contributed by atoms with Crippen LogP contribution < -0.4 is 10.0 Å². The Balaban J connectivity index is 2.11. The summed E-state index contributed by atoms with van der Waals surface area (Å²) in [4.78, 5) is 1.08. The average molecular weight is 288 g/mol. The van der Waals surface area contributed by atoms with Gasteiger partial charge in [0.05, 0.1) is 0 Å². The average Bonchev–Trinajstić information content (AvgIpc) is 2.92. The molecule has 1 fully saturated rings. The van der Waals surface area contributed by atoms with E-state index < -0.39 is 10.0 Å². The molecule has 0 aromatic carbocycles. The molecule has 0 radical (unpaired) electrons. The van der Waals surface area contributed by atoms with Crippen molar-refractivity contribution in [3.63, 3.8) is 0 Å². The second-order valence-corrected chi connectivity index (χ2v) is 8.47. The summed E-state index contributed by atoms with van der Waals surface area (Å²) in [6, 6.07) is 1.76. The Kier molecular flexibility index (Phi) is 3.82. The molecule has 2 N–H and O–H groups in total. The zero-order chi connectivity index (χ0) is 13.4. The lowest BCUT2D eigenvalue weighted by Gasteiger charge is -2.09. The number of thiophene rings is 1. The first-order valence-electron chi connectivity index (χ1n) is 6.10. The second-order valence-electron chi connectivity index (χ2n) is 5.34. The van der Waals surface area contributed by atoms with Gasteiger partial charge in [-0.3, -0.25) is 0 Å². The van der Waals surface area contributed by atoms with Gasteiger partial charge in [0.25, 0.3) is 0 Å². The van der Waals surface area contributed by atoms with E-state index in [1.54, 1.807) is 6.07 Å². The summed E-state index contributed by atoms with van der Waals surface area (Å²) in [6.07, 6.45) is 2.23. The quantitative estimate of drug-likeness (QED) is 0.840. The molecule has 2 rings (SSSR count). The predicted molar refractivity (Wildman–Crippen MR) is 74.3 cm³/mol. The van der Waals surface area contributed by atoms with Gasteiger partial charge in [-0.25, -0.2) is 13.1 Å². The maximum absolute atomic E-state index is 12.2. The van der Waals surface area contributed by atoms with Gasteiger partial charge in [-0.2, -0.15) is 0 Å². The van der Waals surface area contributed by atoms with E-state index in [0.717, 1.165) is 23.3 Å². The normalized spacial score (nSPS) is 17.9. The molecule has 1 aliphatic rings. The van der Waals surface area contributed by atoms with Crippen molar-refractivity contribution in [3.8, 4) is 0 Å². The summed E-state index contributed by atoms with van der Waals surface area (Å²) in [7, 11) is -1.47. The molecule has 1 aromatic rings. The minimum atomic E-state index is -3.33. The maximum atomic E-state index is 12.2. The molecule has 1 saturated carbocycles. The Bertz CT molecular complexity index is 530. The first-order valence-corrected chi connectivity index (χ1v) is 8.40. The highest BCUT2D eigenvalue weighted by Gasteiger charge is 2.38. The Hall–Kier alpha value is -0.430. The third-order valence-electron chi connectivity index (χ3n) is 3.39. The van der Waals surface area contributed by atoms with Gasteiger partial charge < -0.3 is 5.32 Å². The lowest BCUT2D eigenvalue weighted by Crippen LogP contribution is -2.28. The molecule has 0 atom stereocenters. The van der Waals surface area contributed by atoms with Crippen LogP contribution in [0.3, 0.4) is 0 Å². The van der Waals surface area contributed by atoms with E-state index >= 15 is 0 Å². The smallest absolute Gasteiger partial charge is 0.250 e. The van der Waals surface area contributed by atoms with Crippen LogP contribution in [0.15, 0.2) is 10.3 Å². The molecule has 1 heterocycles. The largest absolute Gasteiger partial charge is 0.315 e. The number of sulfonamides is 1. The Morgan fingerprint density at radius 3 is 2.67 bits per heavy atom. The van der Waals surface area contributed by atoms with Crippen LogP contribution >= 0.6 is 11.3 Å². The molecule has 0 aliphatic heterocycles. The molecular weight excluding hydrogens is 268 g/mol. The molecule has 0 spiro atoms. The molecule has 1 aliphatic carbocycles. The van der Waals surface area contributed by atoms with Crippen molar-refractivity contribution in [2.24, 2.45) is 5.41 Å². The summed E-state index contributed by atoms with van der Waals surface area (Å²) in [6.45, 7) is 5.32. The number of rotatable bonds is 6. The topological polar surface area (TPSA) is 58.2 Å². The van der Waals surface area contributed by atoms with Crippen LogP contribution in [-0.4, -0.2) is 22.0 Å². The lowest BCUT2D eigenvalue weighted by molar-refractivity contribution is 0.531. The molecule has 0 bridgehead atoms. The fraction of sp³-hybridized carbons (Fsp3) is 0.667. The minimum Gasteiger partial charge on any atom is -0.315 e. The van der Waals surface area contributed by atoms with Gasteiger partial charge >= 0.3 is 0 Å². The predicted octanol–water partition coefficient (Wildman–Crippen LogP) is 1.85. The standard InChI is InChI=1S/C12H20N2O2S2/c1-9-6-11(17-10(9)7-13-3)18(15,16)14-8-12(2)4-5-12/h6,13-14H,4-5,7-8H2,1-3H3. The SMILES string of the molecule is CNCc1sc(S(=O)(=O)NCC2(C)CC2)cc1C. The summed E-state index contributed by atoms with van der Waals surface area (Å²) in [5.74, 6) is 0. The molecule has 0 unspecified atom stereocenters. The second kappa shape index (κ2) is 4.92. The molecule has 102 valence electrons. The molecule has 4 nitrogen and oxygen atoms in total. The van der Waals surface area contributed by atoms with E-state index in [-0.39, 0.29) is 5.41 Å². The summed E-state index contributed by atoms with van der Waals surface area (Å²) in [5, 5.41) is 3.05. The van der Waals surface area contributed by atoms with Crippen LogP contribution in [0.2, 0.25) is 0 Å². The zero-order valence-electron chi connectivity index (χ0n) is 11.0. The highest BCUT2D eigenvalue weighted by atomic mass is 32.2. The molecule has 1 aromatic heterocycles. The summed E-state index contributed by atoms with van der Waals surface area (Å²) < 4.78 is 27.5. The van der Waals surface area contributed by atoms with Crippen molar-refractivity contribution >= 4 is 21.4 Å². The van der Waals surface area contributed by atoms with Gasteiger partial charge in [-0.15, -0.1) is 11.3 Å². The number of aryl methyl sites for hydroxylation is 1. The van der Waals surface area contributed by atoms with Crippen molar-refractivity contribution in [1.82, 2.24) is 10.0 Å². The maximum Gasteiger partial charge on any atom is 0.250 e. The number of hydrogen-bond acceptors (Lipinski definition) is 4. The fourth-order valence-corrected chi connectivity index (χ4v) is 4.53. The van der Waals surface area contributed by atoms with Crippen LogP contribution in [-0.2, 0) is 16.6 Å². The van der Waals surface area contributed by atoms with E-state index in [4.69, 9.17) is 0 Å². The van der Waals surface area contributed by atoms with Crippen molar-refractivity contribution in [2.75, 3.05) is 13.6 Å². The first kappa shape index (κ1) is 14.0. The molecule has 0 saturated heterocycles. The van der Waals surface area contributed by atoms with E-state index in [0.29, 0.717) is 17.3 Å². The molecule has 18 heavy (non-hydrogen) atoms. The van der Waals surface area contributed by atoms with Gasteiger partial charge in [0.2, 0.25) is 10.0 Å². The Morgan fingerprint density at radius 2 is 2.11 bits per heavy atom. The third-order valence-corrected chi connectivity index (χ3v) is 6.50. The van der Waals surface area contributed by atoms with Crippen LogP contribution in [0.1, 0.15) is 30.2 Å². The molecule has 6 heteroatoms. The third kappa shape index (κ3) is 3.12. The summed E-state index contributed by atoms with van der Waals surface area (Å²) in [5.41, 5.74) is 1.22. The number of nitrogens with one attached hydrogen (secondary N) is 2. The summed E-state index contributed by atoms with van der Waals surface area (Å²) >= 11 is 1.35. The van der Waals surface area contributed by atoms with Crippen LogP contribution in [0, 0.1) is 12.3 Å². The van der Waals surface area contributed by atoms with Crippen molar-refractivity contribution in [2.45, 2.75) is 37.4 Å². The van der Waals surface area contributed by atoms with E-state index in [1.807, 2.05) is 14.0 Å². The van der Waals surface area contributed by atoms with E-state index in [2.05, 4.69) is 17.0 Å². The van der Waals surface area contributed by atoms with Crippen LogP contribution in [0.4, 0.5) is 0 Å². The first-order chi connectivity index (χ1) is 8.36. The Labute approximate surface area is 113 Å². The van der Waals surface area contributed by atoms with Crippen LogP contribution in [0.25, 0.3) is 0 Å². The van der Waals surface area contributed by atoms with Gasteiger partial charge in [-0.1, -0.05) is 6.92 Å². The van der Waals surface area contributed by atoms with Crippen molar-refractivity contribution in [1.29, 1.82) is 0 Å². The van der Waals surface area contributed by atoms with Gasteiger partial charge in [0, 0.05) is 18.0 Å². The van der Waals surface area contributed by atoms with E-state index in [9.17, 15) is 8.42 Å². The lowest BCUT2D eigenvalue weighted by atomic mass is 10.2. The highest BCUT2D eigenvalue weighted by molar-refractivity contribution is 7.91. The monoisotopic (exact) mass is 288 g/mol. The minimum absolute atomic E-state index is 0.188. The zero-order valence-corrected chi connectivity index (χ0v) is 12.7. The van der Waals surface area contributed by atoms with Gasteiger partial charge in [0.15, 0.2) is 0 Å². The Morgan fingerprint density at radius 1 is 1.44 bits per heavy atom. The van der Waals surface area contributed by atoms with Crippen molar-refractivity contribution < 1.29 is 8.42 Å². The van der Waals surface area contributed by atoms with E-state index in [1.165, 1.54) is 11.3 Å². The van der Waals surface area contributed by atoms with Gasteiger partial charge in [0.1, 0.15) is 4.21 Å².